The molecular formula is C27H33ClN2. The quantitative estimate of drug-likeness (QED) is 0.330. The Morgan fingerprint density at radius 2 is 1.47 bits per heavy atom. The fraction of sp³-hybridized carbons (Fsp3) is 0.333. The molecule has 158 valence electrons. The van der Waals surface area contributed by atoms with Crippen LogP contribution in [0.25, 0.3) is 21.8 Å². The lowest BCUT2D eigenvalue weighted by atomic mass is 9.99. The second kappa shape index (κ2) is 10.1. The van der Waals surface area contributed by atoms with Crippen LogP contribution in [0.4, 0.5) is 0 Å². The van der Waals surface area contributed by atoms with Crippen molar-refractivity contribution < 1.29 is 0 Å². The van der Waals surface area contributed by atoms with Crippen LogP contribution in [-0.2, 0) is 12.8 Å². The van der Waals surface area contributed by atoms with E-state index in [2.05, 4.69) is 91.3 Å². The highest BCUT2D eigenvalue weighted by molar-refractivity contribution is 6.11. The number of benzene rings is 3. The standard InChI is InChI=1S/C27H32N2.ClH/c1-4-17-29(18-15-22-9-6-5-7-10-22)19-16-23-11-8-12-24-26(23)25-20(2)13-14-21(3)27(25)28-24;/h5-14,28H,4,15-19H2,1-3H3;1H. The van der Waals surface area contributed by atoms with Gasteiger partial charge in [0, 0.05) is 34.9 Å². The summed E-state index contributed by atoms with van der Waals surface area (Å²) in [7, 11) is 0. The number of aromatic amines is 1. The lowest BCUT2D eigenvalue weighted by Crippen LogP contribution is -2.29. The zero-order valence-electron chi connectivity index (χ0n) is 18.4. The summed E-state index contributed by atoms with van der Waals surface area (Å²) in [6.45, 7) is 10.1. The molecule has 0 atom stereocenters. The summed E-state index contributed by atoms with van der Waals surface area (Å²) in [6.07, 6.45) is 3.41. The second-order valence-electron chi connectivity index (χ2n) is 8.24. The van der Waals surface area contributed by atoms with E-state index in [-0.39, 0.29) is 12.4 Å². The van der Waals surface area contributed by atoms with Gasteiger partial charge in [0.05, 0.1) is 0 Å². The Balaban J connectivity index is 0.00000256. The summed E-state index contributed by atoms with van der Waals surface area (Å²) in [4.78, 5) is 6.30. The van der Waals surface area contributed by atoms with Crippen molar-refractivity contribution in [3.05, 3.63) is 82.9 Å². The Morgan fingerprint density at radius 1 is 0.733 bits per heavy atom. The maximum atomic E-state index is 3.67. The highest BCUT2D eigenvalue weighted by Crippen LogP contribution is 2.33. The zero-order valence-corrected chi connectivity index (χ0v) is 19.2. The zero-order chi connectivity index (χ0) is 20.2. The molecule has 30 heavy (non-hydrogen) atoms. The maximum Gasteiger partial charge on any atom is 0.0497 e. The Hall–Kier alpha value is -2.29. The average Bonchev–Trinajstić information content (AvgIpc) is 3.15. The Labute approximate surface area is 186 Å². The molecular weight excluding hydrogens is 388 g/mol. The SMILES string of the molecule is CCCN(CCc1ccccc1)CCc1cccc2[nH]c3c(C)ccc(C)c3c12.Cl. The molecule has 1 N–H and O–H groups in total. The van der Waals surface area contributed by atoms with Gasteiger partial charge < -0.3 is 9.88 Å². The third kappa shape index (κ3) is 4.71. The number of aromatic nitrogens is 1. The van der Waals surface area contributed by atoms with E-state index < -0.39 is 0 Å². The van der Waals surface area contributed by atoms with Crippen LogP contribution in [0.3, 0.4) is 0 Å². The molecule has 0 bridgehead atoms. The van der Waals surface area contributed by atoms with E-state index in [1.54, 1.807) is 0 Å². The summed E-state index contributed by atoms with van der Waals surface area (Å²) in [5, 5.41) is 2.82. The van der Waals surface area contributed by atoms with Gasteiger partial charge in [-0.25, -0.2) is 0 Å². The fourth-order valence-corrected chi connectivity index (χ4v) is 4.50. The molecule has 0 aliphatic rings. The van der Waals surface area contributed by atoms with Crippen LogP contribution in [-0.4, -0.2) is 29.5 Å². The normalized spacial score (nSPS) is 11.3. The highest BCUT2D eigenvalue weighted by atomic mass is 35.5. The number of H-pyrrole nitrogens is 1. The van der Waals surface area contributed by atoms with E-state index in [0.29, 0.717) is 0 Å². The molecule has 0 aliphatic heterocycles. The lowest BCUT2D eigenvalue weighted by Gasteiger charge is -2.22. The van der Waals surface area contributed by atoms with Crippen molar-refractivity contribution >= 4 is 34.2 Å². The van der Waals surface area contributed by atoms with Crippen molar-refractivity contribution in [2.75, 3.05) is 19.6 Å². The molecule has 3 aromatic carbocycles. The van der Waals surface area contributed by atoms with Gasteiger partial charge in [-0.05, 0) is 68.0 Å². The lowest BCUT2D eigenvalue weighted by molar-refractivity contribution is 0.281. The van der Waals surface area contributed by atoms with Gasteiger partial charge in [-0.3, -0.25) is 0 Å². The monoisotopic (exact) mass is 420 g/mol. The first kappa shape index (κ1) is 22.4. The minimum Gasteiger partial charge on any atom is -0.354 e. The van der Waals surface area contributed by atoms with E-state index in [9.17, 15) is 0 Å². The number of nitrogens with zero attached hydrogens (tertiary/aromatic N) is 1. The van der Waals surface area contributed by atoms with E-state index >= 15 is 0 Å². The molecule has 0 aliphatic carbocycles. The molecule has 0 saturated heterocycles. The summed E-state index contributed by atoms with van der Waals surface area (Å²) in [5.41, 5.74) is 8.13. The number of nitrogens with one attached hydrogen (secondary N) is 1. The van der Waals surface area contributed by atoms with Crippen LogP contribution in [0, 0.1) is 13.8 Å². The molecule has 4 rings (SSSR count). The van der Waals surface area contributed by atoms with Crippen LogP contribution in [0.2, 0.25) is 0 Å². The van der Waals surface area contributed by atoms with Gasteiger partial charge in [-0.2, -0.15) is 0 Å². The maximum absolute atomic E-state index is 3.67. The van der Waals surface area contributed by atoms with Gasteiger partial charge in [0.2, 0.25) is 0 Å². The van der Waals surface area contributed by atoms with Crippen LogP contribution in [0.5, 0.6) is 0 Å². The van der Waals surface area contributed by atoms with Gasteiger partial charge in [-0.15, -0.1) is 12.4 Å². The molecule has 3 heteroatoms. The van der Waals surface area contributed by atoms with Crippen molar-refractivity contribution in [3.8, 4) is 0 Å². The van der Waals surface area contributed by atoms with Crippen LogP contribution in [0.15, 0.2) is 60.7 Å². The molecule has 0 saturated carbocycles. The average molecular weight is 421 g/mol. The molecule has 0 spiro atoms. The first-order chi connectivity index (χ1) is 14.2. The summed E-state index contributed by atoms with van der Waals surface area (Å²) in [5.74, 6) is 0. The molecule has 0 radical (unpaired) electrons. The van der Waals surface area contributed by atoms with Crippen LogP contribution in [0.1, 0.15) is 35.6 Å². The van der Waals surface area contributed by atoms with Gasteiger partial charge in [0.1, 0.15) is 0 Å². The van der Waals surface area contributed by atoms with Gasteiger partial charge in [0.15, 0.2) is 0 Å². The number of rotatable bonds is 8. The van der Waals surface area contributed by atoms with Gasteiger partial charge in [-0.1, -0.05) is 61.5 Å². The molecule has 0 fully saturated rings. The van der Waals surface area contributed by atoms with Crippen molar-refractivity contribution in [2.45, 2.75) is 40.0 Å². The number of fused-ring (bicyclic) bond motifs is 3. The van der Waals surface area contributed by atoms with E-state index in [1.165, 1.54) is 50.5 Å². The third-order valence-electron chi connectivity index (χ3n) is 6.08. The largest absolute Gasteiger partial charge is 0.354 e. The van der Waals surface area contributed by atoms with Gasteiger partial charge in [0.25, 0.3) is 0 Å². The van der Waals surface area contributed by atoms with Crippen molar-refractivity contribution in [2.24, 2.45) is 0 Å². The summed E-state index contributed by atoms with van der Waals surface area (Å²) in [6, 6.07) is 22.1. The van der Waals surface area contributed by atoms with Crippen LogP contribution < -0.4 is 0 Å². The van der Waals surface area contributed by atoms with E-state index in [1.807, 2.05) is 0 Å². The summed E-state index contributed by atoms with van der Waals surface area (Å²) >= 11 is 0. The first-order valence-electron chi connectivity index (χ1n) is 10.9. The summed E-state index contributed by atoms with van der Waals surface area (Å²) < 4.78 is 0. The van der Waals surface area contributed by atoms with Crippen LogP contribution >= 0.6 is 12.4 Å². The molecule has 2 nitrogen and oxygen atoms in total. The van der Waals surface area contributed by atoms with E-state index in [4.69, 9.17) is 0 Å². The number of aryl methyl sites for hydroxylation is 2. The van der Waals surface area contributed by atoms with Crippen molar-refractivity contribution in [1.29, 1.82) is 0 Å². The predicted molar refractivity (Wildman–Crippen MR) is 133 cm³/mol. The Kier molecular flexibility index (Phi) is 7.58. The minimum atomic E-state index is 0. The molecule has 0 unspecified atom stereocenters. The molecule has 1 heterocycles. The minimum absolute atomic E-state index is 0. The number of hydrogen-bond donors (Lipinski definition) is 1. The van der Waals surface area contributed by atoms with Gasteiger partial charge >= 0.3 is 0 Å². The Bertz CT molecular complexity index is 1100. The van der Waals surface area contributed by atoms with Crippen molar-refractivity contribution in [1.82, 2.24) is 9.88 Å². The number of halogens is 1. The third-order valence-corrected chi connectivity index (χ3v) is 6.08. The van der Waals surface area contributed by atoms with E-state index in [0.717, 1.165) is 32.5 Å². The fourth-order valence-electron chi connectivity index (χ4n) is 4.50. The molecule has 0 amide bonds. The number of hydrogen-bond acceptors (Lipinski definition) is 1. The van der Waals surface area contributed by atoms with Crippen molar-refractivity contribution in [3.63, 3.8) is 0 Å². The molecule has 1 aromatic heterocycles. The highest BCUT2D eigenvalue weighted by Gasteiger charge is 2.13. The smallest absolute Gasteiger partial charge is 0.0497 e. The molecule has 4 aromatic rings. The topological polar surface area (TPSA) is 19.0 Å². The Morgan fingerprint density at radius 3 is 2.23 bits per heavy atom. The second-order valence-corrected chi connectivity index (χ2v) is 8.24. The predicted octanol–water partition coefficient (Wildman–Crippen LogP) is 6.86. The first-order valence-corrected chi connectivity index (χ1v) is 10.9.